The third-order valence-electron chi connectivity index (χ3n) is 3.18. The van der Waals surface area contributed by atoms with Crippen LogP contribution in [0, 0.1) is 0 Å². The molecule has 0 aliphatic heterocycles. The van der Waals surface area contributed by atoms with Gasteiger partial charge in [-0.15, -0.1) is 0 Å². The number of carbonyl (C=O) groups excluding carboxylic acids is 2. The highest BCUT2D eigenvalue weighted by Crippen LogP contribution is 2.13. The fourth-order valence-corrected chi connectivity index (χ4v) is 2.03. The summed E-state index contributed by atoms with van der Waals surface area (Å²) in [7, 11) is 0. The molecular weight excluding hydrogens is 292 g/mol. The van der Waals surface area contributed by atoms with Crippen LogP contribution < -0.4 is 10.6 Å². The van der Waals surface area contributed by atoms with Crippen LogP contribution in [-0.2, 0) is 0 Å². The Labute approximate surface area is 132 Å². The fourth-order valence-electron chi connectivity index (χ4n) is 2.03. The van der Waals surface area contributed by atoms with Gasteiger partial charge in [-0.25, -0.2) is 0 Å². The van der Waals surface area contributed by atoms with Gasteiger partial charge in [-0.1, -0.05) is 18.2 Å². The minimum absolute atomic E-state index is 0.208. The Morgan fingerprint density at radius 1 is 0.696 bits per heavy atom. The van der Waals surface area contributed by atoms with Crippen molar-refractivity contribution in [3.63, 3.8) is 0 Å². The van der Waals surface area contributed by atoms with Gasteiger partial charge in [0.25, 0.3) is 11.8 Å². The first kappa shape index (κ1) is 14.6. The van der Waals surface area contributed by atoms with E-state index in [1.807, 2.05) is 30.3 Å². The zero-order valence-corrected chi connectivity index (χ0v) is 12.2. The van der Waals surface area contributed by atoms with Gasteiger partial charge in [0.15, 0.2) is 5.76 Å². The molecule has 0 atom stereocenters. The highest BCUT2D eigenvalue weighted by molar-refractivity contribution is 6.05. The monoisotopic (exact) mass is 306 g/mol. The Kier molecular flexibility index (Phi) is 4.20. The van der Waals surface area contributed by atoms with E-state index in [2.05, 4.69) is 10.6 Å². The van der Waals surface area contributed by atoms with Crippen LogP contribution in [0.5, 0.6) is 0 Å². The Balaban J connectivity index is 1.65. The average molecular weight is 306 g/mol. The predicted octanol–water partition coefficient (Wildman–Crippen LogP) is 3.78. The number of hydrogen-bond acceptors (Lipinski definition) is 3. The maximum Gasteiger partial charge on any atom is 0.291 e. The van der Waals surface area contributed by atoms with E-state index in [9.17, 15) is 9.59 Å². The largest absolute Gasteiger partial charge is 0.459 e. The molecule has 0 unspecified atom stereocenters. The summed E-state index contributed by atoms with van der Waals surface area (Å²) in [6, 6.07) is 19.1. The summed E-state index contributed by atoms with van der Waals surface area (Å²) in [5, 5.41) is 5.50. The lowest BCUT2D eigenvalue weighted by molar-refractivity contribution is 0.0995. The fraction of sp³-hybridized carbons (Fsp3) is 0. The lowest BCUT2D eigenvalue weighted by Crippen LogP contribution is -2.13. The second-order valence-corrected chi connectivity index (χ2v) is 4.83. The quantitative estimate of drug-likeness (QED) is 0.770. The second-order valence-electron chi connectivity index (χ2n) is 4.83. The molecule has 5 heteroatoms. The number of hydrogen-bond donors (Lipinski definition) is 2. The molecule has 3 aromatic rings. The molecule has 1 aromatic heterocycles. The minimum atomic E-state index is -0.337. The molecule has 0 fully saturated rings. The third-order valence-corrected chi connectivity index (χ3v) is 3.18. The molecule has 1 heterocycles. The Hall–Kier alpha value is -3.34. The lowest BCUT2D eigenvalue weighted by atomic mass is 10.2. The van der Waals surface area contributed by atoms with Crippen molar-refractivity contribution in [3.05, 3.63) is 84.3 Å². The molecule has 0 saturated carbocycles. The van der Waals surface area contributed by atoms with Crippen LogP contribution in [0.4, 0.5) is 11.4 Å². The van der Waals surface area contributed by atoms with E-state index >= 15 is 0 Å². The zero-order chi connectivity index (χ0) is 16.1. The third kappa shape index (κ3) is 3.65. The van der Waals surface area contributed by atoms with E-state index in [0.29, 0.717) is 11.3 Å². The number of anilines is 2. The predicted molar refractivity (Wildman–Crippen MR) is 87.5 cm³/mol. The number of carbonyl (C=O) groups is 2. The minimum Gasteiger partial charge on any atom is -0.459 e. The Bertz CT molecular complexity index is 794. The summed E-state index contributed by atoms with van der Waals surface area (Å²) < 4.78 is 5.02. The molecule has 2 aromatic carbocycles. The first-order valence-electron chi connectivity index (χ1n) is 7.04. The smallest absolute Gasteiger partial charge is 0.291 e. The van der Waals surface area contributed by atoms with Gasteiger partial charge in [-0.2, -0.15) is 0 Å². The van der Waals surface area contributed by atoms with Gasteiger partial charge in [0, 0.05) is 16.9 Å². The standard InChI is InChI=1S/C18H14N2O3/c21-17(19-14-5-2-1-3-6-14)13-8-10-15(11-9-13)20-18(22)16-7-4-12-23-16/h1-12H,(H,19,21)(H,20,22). The van der Waals surface area contributed by atoms with Crippen LogP contribution in [0.1, 0.15) is 20.9 Å². The average Bonchev–Trinajstić information content (AvgIpc) is 3.11. The molecule has 0 saturated heterocycles. The van der Waals surface area contributed by atoms with Crippen LogP contribution in [-0.4, -0.2) is 11.8 Å². The topological polar surface area (TPSA) is 71.3 Å². The molecule has 0 radical (unpaired) electrons. The normalized spacial score (nSPS) is 10.1. The van der Waals surface area contributed by atoms with Crippen molar-refractivity contribution in [1.29, 1.82) is 0 Å². The lowest BCUT2D eigenvalue weighted by Gasteiger charge is -2.07. The van der Waals surface area contributed by atoms with Crippen LogP contribution in [0.15, 0.2) is 77.4 Å². The molecule has 0 aliphatic carbocycles. The van der Waals surface area contributed by atoms with Gasteiger partial charge in [0.2, 0.25) is 0 Å². The number of furan rings is 1. The van der Waals surface area contributed by atoms with Gasteiger partial charge < -0.3 is 15.1 Å². The first-order chi connectivity index (χ1) is 11.2. The SMILES string of the molecule is O=C(Nc1ccccc1)c1ccc(NC(=O)c2ccco2)cc1. The first-order valence-corrected chi connectivity index (χ1v) is 7.04. The van der Waals surface area contributed by atoms with Gasteiger partial charge in [-0.3, -0.25) is 9.59 Å². The maximum atomic E-state index is 12.1. The number of rotatable bonds is 4. The summed E-state index contributed by atoms with van der Waals surface area (Å²) in [4.78, 5) is 24.0. The summed E-state index contributed by atoms with van der Waals surface area (Å²) in [5.41, 5.74) is 1.82. The van der Waals surface area contributed by atoms with Crippen LogP contribution in [0.25, 0.3) is 0 Å². The maximum absolute atomic E-state index is 12.1. The van der Waals surface area contributed by atoms with Crippen LogP contribution >= 0.6 is 0 Å². The van der Waals surface area contributed by atoms with Gasteiger partial charge in [-0.05, 0) is 48.5 Å². The van der Waals surface area contributed by atoms with Gasteiger partial charge >= 0.3 is 0 Å². The van der Waals surface area contributed by atoms with E-state index in [4.69, 9.17) is 4.42 Å². The molecule has 23 heavy (non-hydrogen) atoms. The molecule has 3 rings (SSSR count). The van der Waals surface area contributed by atoms with Gasteiger partial charge in [0.05, 0.1) is 6.26 Å². The van der Waals surface area contributed by atoms with Gasteiger partial charge in [0.1, 0.15) is 0 Å². The molecule has 2 N–H and O–H groups in total. The molecule has 5 nitrogen and oxygen atoms in total. The Morgan fingerprint density at radius 2 is 1.35 bits per heavy atom. The van der Waals surface area contributed by atoms with Crippen molar-refractivity contribution in [2.45, 2.75) is 0 Å². The van der Waals surface area contributed by atoms with Crippen molar-refractivity contribution in [2.75, 3.05) is 10.6 Å². The van der Waals surface area contributed by atoms with Crippen LogP contribution in [0.3, 0.4) is 0 Å². The number of para-hydroxylation sites is 1. The van der Waals surface area contributed by atoms with Crippen molar-refractivity contribution >= 4 is 23.2 Å². The van der Waals surface area contributed by atoms with E-state index in [1.165, 1.54) is 6.26 Å². The van der Waals surface area contributed by atoms with E-state index < -0.39 is 0 Å². The van der Waals surface area contributed by atoms with Crippen LogP contribution in [0.2, 0.25) is 0 Å². The number of nitrogens with one attached hydrogen (secondary N) is 2. The summed E-state index contributed by atoms with van der Waals surface area (Å²) in [5.74, 6) is -0.313. The van der Waals surface area contributed by atoms with E-state index in [1.54, 1.807) is 36.4 Å². The summed E-state index contributed by atoms with van der Waals surface area (Å²) in [6.07, 6.45) is 1.44. The molecule has 0 aliphatic rings. The van der Waals surface area contributed by atoms with Crippen molar-refractivity contribution < 1.29 is 14.0 Å². The molecular formula is C18H14N2O3. The highest BCUT2D eigenvalue weighted by Gasteiger charge is 2.10. The van der Waals surface area contributed by atoms with Crippen molar-refractivity contribution in [2.24, 2.45) is 0 Å². The molecule has 0 spiro atoms. The highest BCUT2D eigenvalue weighted by atomic mass is 16.3. The van der Waals surface area contributed by atoms with Crippen molar-refractivity contribution in [1.82, 2.24) is 0 Å². The summed E-state index contributed by atoms with van der Waals surface area (Å²) in [6.45, 7) is 0. The number of amides is 2. The molecule has 114 valence electrons. The second kappa shape index (κ2) is 6.62. The zero-order valence-electron chi connectivity index (χ0n) is 12.2. The number of benzene rings is 2. The molecule has 2 amide bonds. The van der Waals surface area contributed by atoms with E-state index in [-0.39, 0.29) is 17.6 Å². The summed E-state index contributed by atoms with van der Waals surface area (Å²) >= 11 is 0. The van der Waals surface area contributed by atoms with Crippen molar-refractivity contribution in [3.8, 4) is 0 Å². The Morgan fingerprint density at radius 3 is 2.00 bits per heavy atom. The van der Waals surface area contributed by atoms with E-state index in [0.717, 1.165) is 5.69 Å². The molecule has 0 bridgehead atoms.